The third-order valence-electron chi connectivity index (χ3n) is 4.63. The number of nitrogens with one attached hydrogen (secondary N) is 3. The van der Waals surface area contributed by atoms with Crippen LogP contribution in [0, 0.1) is 0 Å². The molecule has 1 aliphatic heterocycles. The summed E-state index contributed by atoms with van der Waals surface area (Å²) in [4.78, 5) is 24.7. The van der Waals surface area contributed by atoms with E-state index in [9.17, 15) is 18.0 Å². The molecule has 0 bridgehead atoms. The van der Waals surface area contributed by atoms with Crippen LogP contribution in [0.4, 0.5) is 4.79 Å². The maximum atomic E-state index is 12.7. The molecule has 0 aromatic rings. The molecular formula is C15H27N3O4S. The van der Waals surface area contributed by atoms with Gasteiger partial charge >= 0.3 is 6.03 Å². The van der Waals surface area contributed by atoms with Crippen molar-refractivity contribution in [3.63, 3.8) is 0 Å². The average molecular weight is 345 g/mol. The fourth-order valence-corrected chi connectivity index (χ4v) is 4.93. The first-order valence-electron chi connectivity index (χ1n) is 8.44. The van der Waals surface area contributed by atoms with Crippen LogP contribution in [0.3, 0.4) is 0 Å². The molecular weight excluding hydrogens is 318 g/mol. The van der Waals surface area contributed by atoms with Gasteiger partial charge in [0, 0.05) is 12.6 Å². The van der Waals surface area contributed by atoms with Crippen molar-refractivity contribution >= 4 is 21.8 Å². The maximum Gasteiger partial charge on any atom is 0.315 e. The van der Waals surface area contributed by atoms with Gasteiger partial charge in [0.25, 0.3) is 0 Å². The second kappa shape index (κ2) is 7.51. The molecule has 2 rings (SSSR count). The Bertz CT molecular complexity index is 541. The van der Waals surface area contributed by atoms with Crippen molar-refractivity contribution < 1.29 is 18.0 Å². The van der Waals surface area contributed by atoms with E-state index < -0.39 is 15.4 Å². The smallest absolute Gasteiger partial charge is 0.315 e. The average Bonchev–Trinajstić information content (AvgIpc) is 3.07. The highest BCUT2D eigenvalue weighted by Crippen LogP contribution is 2.30. The van der Waals surface area contributed by atoms with Crippen molar-refractivity contribution in [3.8, 4) is 0 Å². The zero-order chi connectivity index (χ0) is 16.9. The lowest BCUT2D eigenvalue weighted by atomic mass is 9.96. The molecule has 0 aromatic heterocycles. The highest BCUT2D eigenvalue weighted by Gasteiger charge is 2.44. The van der Waals surface area contributed by atoms with Crippen molar-refractivity contribution in [3.05, 3.63) is 0 Å². The summed E-state index contributed by atoms with van der Waals surface area (Å²) in [5, 5.41) is 8.43. The quantitative estimate of drug-likeness (QED) is 0.616. The van der Waals surface area contributed by atoms with Crippen molar-refractivity contribution in [2.75, 3.05) is 18.1 Å². The predicted molar refractivity (Wildman–Crippen MR) is 87.8 cm³/mol. The van der Waals surface area contributed by atoms with Crippen LogP contribution in [0.2, 0.25) is 0 Å². The number of carbonyl (C=O) groups is 2. The molecule has 2 aliphatic rings. The normalized spacial score (nSPS) is 25.0. The molecule has 3 N–H and O–H groups in total. The highest BCUT2D eigenvalue weighted by atomic mass is 32.2. The van der Waals surface area contributed by atoms with Gasteiger partial charge in [-0.15, -0.1) is 0 Å². The number of hydrogen-bond acceptors (Lipinski definition) is 4. The van der Waals surface area contributed by atoms with Crippen molar-refractivity contribution in [2.45, 2.75) is 63.5 Å². The standard InChI is InChI=1S/C15H27N3O4S/c1-2-3-9-16-14(20)18-15(7-4-5-8-15)13(19)17-12-6-10-23(21,22)11-12/h12H,2-11H2,1H3,(H,17,19)(H2,16,18,20)/t12-/m0/s1. The van der Waals surface area contributed by atoms with Gasteiger partial charge in [0.05, 0.1) is 11.5 Å². The molecule has 23 heavy (non-hydrogen) atoms. The van der Waals surface area contributed by atoms with E-state index in [1.165, 1.54) is 0 Å². The van der Waals surface area contributed by atoms with E-state index in [4.69, 9.17) is 0 Å². The molecule has 1 atom stereocenters. The van der Waals surface area contributed by atoms with Gasteiger partial charge in [0.15, 0.2) is 9.84 Å². The minimum atomic E-state index is -3.04. The molecule has 1 saturated heterocycles. The Morgan fingerprint density at radius 3 is 2.48 bits per heavy atom. The van der Waals surface area contributed by atoms with Crippen LogP contribution in [0.5, 0.6) is 0 Å². The number of amides is 3. The van der Waals surface area contributed by atoms with Crippen molar-refractivity contribution in [1.82, 2.24) is 16.0 Å². The lowest BCUT2D eigenvalue weighted by Crippen LogP contribution is -2.60. The first kappa shape index (κ1) is 18.0. The molecule has 0 spiro atoms. The monoisotopic (exact) mass is 345 g/mol. The van der Waals surface area contributed by atoms with E-state index in [0.717, 1.165) is 25.7 Å². The Morgan fingerprint density at radius 2 is 1.91 bits per heavy atom. The van der Waals surface area contributed by atoms with E-state index in [1.54, 1.807) is 0 Å². The minimum absolute atomic E-state index is 0.00246. The first-order valence-corrected chi connectivity index (χ1v) is 10.3. The van der Waals surface area contributed by atoms with Gasteiger partial charge in [-0.1, -0.05) is 26.2 Å². The van der Waals surface area contributed by atoms with Crippen LogP contribution < -0.4 is 16.0 Å². The lowest BCUT2D eigenvalue weighted by molar-refractivity contribution is -0.127. The third-order valence-corrected chi connectivity index (χ3v) is 6.40. The number of sulfone groups is 1. The van der Waals surface area contributed by atoms with Crippen LogP contribution >= 0.6 is 0 Å². The van der Waals surface area contributed by atoms with Crippen LogP contribution in [-0.4, -0.2) is 50.0 Å². The number of rotatable bonds is 6. The van der Waals surface area contributed by atoms with Gasteiger partial charge in [-0.3, -0.25) is 4.79 Å². The Morgan fingerprint density at radius 1 is 1.22 bits per heavy atom. The first-order chi connectivity index (χ1) is 10.9. The maximum absolute atomic E-state index is 12.7. The van der Waals surface area contributed by atoms with Crippen LogP contribution in [0.1, 0.15) is 51.9 Å². The van der Waals surface area contributed by atoms with E-state index in [0.29, 0.717) is 25.8 Å². The van der Waals surface area contributed by atoms with E-state index in [1.807, 2.05) is 6.92 Å². The number of carbonyl (C=O) groups excluding carboxylic acids is 2. The van der Waals surface area contributed by atoms with E-state index >= 15 is 0 Å². The Balaban J connectivity index is 1.94. The molecule has 0 radical (unpaired) electrons. The zero-order valence-electron chi connectivity index (χ0n) is 13.7. The minimum Gasteiger partial charge on any atom is -0.350 e. The number of unbranched alkanes of at least 4 members (excludes halogenated alkanes) is 1. The summed E-state index contributed by atoms with van der Waals surface area (Å²) in [5.74, 6) is -0.129. The Labute approximate surface area is 137 Å². The van der Waals surface area contributed by atoms with Crippen LogP contribution in [0.15, 0.2) is 0 Å². The topological polar surface area (TPSA) is 104 Å². The second-order valence-corrected chi connectivity index (χ2v) is 8.83. The van der Waals surface area contributed by atoms with Gasteiger partial charge in [0.2, 0.25) is 5.91 Å². The van der Waals surface area contributed by atoms with Crippen molar-refractivity contribution in [2.24, 2.45) is 0 Å². The van der Waals surface area contributed by atoms with Crippen LogP contribution in [0.25, 0.3) is 0 Å². The molecule has 1 aliphatic carbocycles. The van der Waals surface area contributed by atoms with E-state index in [2.05, 4.69) is 16.0 Å². The lowest BCUT2D eigenvalue weighted by Gasteiger charge is -2.30. The molecule has 0 unspecified atom stereocenters. The summed E-state index contributed by atoms with van der Waals surface area (Å²) in [6, 6.07) is -0.663. The molecule has 2 fully saturated rings. The third kappa shape index (κ3) is 4.83. The summed E-state index contributed by atoms with van der Waals surface area (Å²) in [6.07, 6.45) is 5.29. The molecule has 1 saturated carbocycles. The van der Waals surface area contributed by atoms with Gasteiger partial charge in [-0.25, -0.2) is 13.2 Å². The Kier molecular flexibility index (Phi) is 5.89. The molecule has 8 heteroatoms. The van der Waals surface area contributed by atoms with Gasteiger partial charge < -0.3 is 16.0 Å². The summed E-state index contributed by atoms with van der Waals surface area (Å²) in [6.45, 7) is 2.63. The fourth-order valence-electron chi connectivity index (χ4n) is 3.26. The zero-order valence-corrected chi connectivity index (χ0v) is 14.5. The van der Waals surface area contributed by atoms with Gasteiger partial charge in [-0.2, -0.15) is 0 Å². The van der Waals surface area contributed by atoms with Crippen molar-refractivity contribution in [1.29, 1.82) is 0 Å². The summed E-state index contributed by atoms with van der Waals surface area (Å²) in [7, 11) is -3.04. The number of hydrogen-bond donors (Lipinski definition) is 3. The summed E-state index contributed by atoms with van der Waals surface area (Å²) < 4.78 is 23.0. The molecule has 3 amide bonds. The molecule has 7 nitrogen and oxygen atoms in total. The Hall–Kier alpha value is -1.31. The highest BCUT2D eigenvalue weighted by molar-refractivity contribution is 7.91. The largest absolute Gasteiger partial charge is 0.350 e. The van der Waals surface area contributed by atoms with Crippen LogP contribution in [-0.2, 0) is 14.6 Å². The summed E-state index contributed by atoms with van der Waals surface area (Å²) in [5.41, 5.74) is -0.900. The molecule has 1 heterocycles. The molecule has 0 aromatic carbocycles. The van der Waals surface area contributed by atoms with Gasteiger partial charge in [0.1, 0.15) is 5.54 Å². The molecule has 132 valence electrons. The summed E-state index contributed by atoms with van der Waals surface area (Å²) >= 11 is 0. The second-order valence-electron chi connectivity index (χ2n) is 6.60. The van der Waals surface area contributed by atoms with E-state index in [-0.39, 0.29) is 29.5 Å². The fraction of sp³-hybridized carbons (Fsp3) is 0.867. The predicted octanol–water partition coefficient (Wildman–Crippen LogP) is 0.702. The van der Waals surface area contributed by atoms with Gasteiger partial charge in [-0.05, 0) is 25.7 Å². The number of urea groups is 1. The SMILES string of the molecule is CCCCNC(=O)NC1(C(=O)N[C@H]2CCS(=O)(=O)C2)CCCC1.